The van der Waals surface area contributed by atoms with Crippen LogP contribution in [0.5, 0.6) is 0 Å². The van der Waals surface area contributed by atoms with Crippen molar-refractivity contribution in [1.82, 2.24) is 0 Å². The molecule has 0 radical (unpaired) electrons. The summed E-state index contributed by atoms with van der Waals surface area (Å²) >= 11 is 0. The van der Waals surface area contributed by atoms with Crippen LogP contribution in [-0.4, -0.2) is 96.7 Å². The van der Waals surface area contributed by atoms with Gasteiger partial charge in [-0.05, 0) is 49.4 Å². The van der Waals surface area contributed by atoms with E-state index in [9.17, 15) is 43.2 Å². The molecule has 3 N–H and O–H groups in total. The second kappa shape index (κ2) is 60.7. The molecule has 534 valence electrons. The zero-order valence-corrected chi connectivity index (χ0v) is 60.6. The first kappa shape index (κ1) is 88.1. The highest BCUT2D eigenvalue weighted by Gasteiger charge is 2.30. The van der Waals surface area contributed by atoms with E-state index in [1.54, 1.807) is 0 Å². The van der Waals surface area contributed by atoms with Crippen molar-refractivity contribution in [3.8, 4) is 0 Å². The Hall–Kier alpha value is -1.94. The van der Waals surface area contributed by atoms with Crippen molar-refractivity contribution in [2.24, 2.45) is 23.7 Å². The van der Waals surface area contributed by atoms with Crippen LogP contribution in [0.4, 0.5) is 0 Å². The molecule has 0 fully saturated rings. The van der Waals surface area contributed by atoms with E-state index in [1.165, 1.54) is 141 Å². The predicted octanol–water partition coefficient (Wildman–Crippen LogP) is 20.1. The average molecular weight is 1330 g/mol. The first-order chi connectivity index (χ1) is 43.1. The number of esters is 4. The zero-order valence-electron chi connectivity index (χ0n) is 58.8. The Morgan fingerprint density at radius 3 is 0.689 bits per heavy atom. The molecule has 0 bridgehead atoms. The highest BCUT2D eigenvalue weighted by Crippen LogP contribution is 2.45. The number of unbranched alkanes of at least 4 members (excludes halogenated alkanes) is 34. The SMILES string of the molecule is CC(C)CCCCCCCCCCCCCCCCC(=O)O[C@H](COC(=O)CCCCCCCCCC(C)C)COP(=O)(O)OC[C@@H](O)COP(=O)(O)OC[C@@H](COC(=O)CCCCCCCCC(C)C)OC(=O)CCCCCCCCCCCCCC(C)C. The van der Waals surface area contributed by atoms with Crippen LogP contribution >= 0.6 is 15.6 Å². The number of rotatable bonds is 68. The second-order valence-corrected chi connectivity index (χ2v) is 30.4. The molecule has 0 heterocycles. The minimum absolute atomic E-state index is 0.105. The molecule has 0 aliphatic rings. The largest absolute Gasteiger partial charge is 0.472 e. The quantitative estimate of drug-likeness (QED) is 0.0222. The summed E-state index contributed by atoms with van der Waals surface area (Å²) in [5, 5.41) is 10.6. The van der Waals surface area contributed by atoms with E-state index in [0.717, 1.165) is 115 Å². The maximum atomic E-state index is 13.0. The molecule has 2 unspecified atom stereocenters. The smallest absolute Gasteiger partial charge is 0.462 e. The van der Waals surface area contributed by atoms with Crippen molar-refractivity contribution < 1.29 is 80.2 Å². The van der Waals surface area contributed by atoms with E-state index in [2.05, 4.69) is 55.4 Å². The molecule has 5 atom stereocenters. The maximum absolute atomic E-state index is 13.0. The number of carbonyl (C=O) groups excluding carboxylic acids is 4. The van der Waals surface area contributed by atoms with Gasteiger partial charge in [0.05, 0.1) is 26.4 Å². The van der Waals surface area contributed by atoms with Gasteiger partial charge in [-0.2, -0.15) is 0 Å². The molecule has 0 saturated heterocycles. The van der Waals surface area contributed by atoms with Gasteiger partial charge < -0.3 is 33.8 Å². The Balaban J connectivity index is 5.22. The third kappa shape index (κ3) is 64.8. The van der Waals surface area contributed by atoms with Gasteiger partial charge in [-0.3, -0.25) is 37.3 Å². The minimum Gasteiger partial charge on any atom is -0.462 e. The third-order valence-corrected chi connectivity index (χ3v) is 18.2. The van der Waals surface area contributed by atoms with Crippen LogP contribution in [0, 0.1) is 23.7 Å². The van der Waals surface area contributed by atoms with Gasteiger partial charge in [0.25, 0.3) is 0 Å². The van der Waals surface area contributed by atoms with E-state index in [0.29, 0.717) is 37.5 Å². The van der Waals surface area contributed by atoms with Crippen LogP contribution in [0.2, 0.25) is 0 Å². The van der Waals surface area contributed by atoms with Crippen molar-refractivity contribution in [3.05, 3.63) is 0 Å². The average Bonchev–Trinajstić information content (AvgIpc) is 3.45. The molecule has 0 aliphatic heterocycles. The summed E-state index contributed by atoms with van der Waals surface area (Å²) in [7, 11) is -9.90. The maximum Gasteiger partial charge on any atom is 0.472 e. The fraction of sp³-hybridized carbons (Fsp3) is 0.944. The Bertz CT molecular complexity index is 1780. The number of carbonyl (C=O) groups is 4. The molecule has 0 saturated carbocycles. The third-order valence-electron chi connectivity index (χ3n) is 16.3. The van der Waals surface area contributed by atoms with Gasteiger partial charge >= 0.3 is 39.5 Å². The minimum atomic E-state index is -4.95. The molecule has 0 aromatic carbocycles. The topological polar surface area (TPSA) is 237 Å². The molecule has 0 rings (SSSR count). The zero-order chi connectivity index (χ0) is 66.8. The summed E-state index contributed by atoms with van der Waals surface area (Å²) in [5.41, 5.74) is 0. The molecular weight excluding hydrogens is 1190 g/mol. The summed E-state index contributed by atoms with van der Waals surface area (Å²) in [6.07, 6.45) is 43.3. The fourth-order valence-corrected chi connectivity index (χ4v) is 12.2. The Morgan fingerprint density at radius 1 is 0.278 bits per heavy atom. The number of hydrogen-bond donors (Lipinski definition) is 3. The summed E-state index contributed by atoms with van der Waals surface area (Å²) in [6, 6.07) is 0. The number of phosphoric acid groups is 2. The normalized spacial score (nSPS) is 14.3. The molecule has 90 heavy (non-hydrogen) atoms. The Kier molecular flexibility index (Phi) is 59.4. The van der Waals surface area contributed by atoms with Crippen LogP contribution in [0.3, 0.4) is 0 Å². The monoisotopic (exact) mass is 1320 g/mol. The number of aliphatic hydroxyl groups excluding tert-OH is 1. The first-order valence-corrected chi connectivity index (χ1v) is 39.7. The summed E-state index contributed by atoms with van der Waals surface area (Å²) in [6.45, 7) is 14.0. The summed E-state index contributed by atoms with van der Waals surface area (Å²) < 4.78 is 68.3. The van der Waals surface area contributed by atoms with Gasteiger partial charge in [-0.15, -0.1) is 0 Å². The van der Waals surface area contributed by atoms with Crippen LogP contribution in [0.1, 0.15) is 351 Å². The lowest BCUT2D eigenvalue weighted by Gasteiger charge is -2.21. The number of aliphatic hydroxyl groups is 1. The number of hydrogen-bond acceptors (Lipinski definition) is 15. The van der Waals surface area contributed by atoms with Crippen LogP contribution in [-0.2, 0) is 65.4 Å². The highest BCUT2D eigenvalue weighted by molar-refractivity contribution is 7.47. The van der Waals surface area contributed by atoms with Crippen molar-refractivity contribution in [3.63, 3.8) is 0 Å². The van der Waals surface area contributed by atoms with Gasteiger partial charge in [0.1, 0.15) is 19.3 Å². The molecule has 0 aromatic rings. The second-order valence-electron chi connectivity index (χ2n) is 27.5. The van der Waals surface area contributed by atoms with Gasteiger partial charge in [0.15, 0.2) is 12.2 Å². The van der Waals surface area contributed by atoms with E-state index in [-0.39, 0.29) is 25.7 Å². The van der Waals surface area contributed by atoms with Crippen LogP contribution in [0.25, 0.3) is 0 Å². The van der Waals surface area contributed by atoms with E-state index in [1.807, 2.05) is 0 Å². The van der Waals surface area contributed by atoms with E-state index in [4.69, 9.17) is 37.0 Å². The van der Waals surface area contributed by atoms with E-state index < -0.39 is 97.5 Å². The lowest BCUT2D eigenvalue weighted by molar-refractivity contribution is -0.161. The van der Waals surface area contributed by atoms with Gasteiger partial charge in [-0.25, -0.2) is 9.13 Å². The predicted molar refractivity (Wildman–Crippen MR) is 363 cm³/mol. The van der Waals surface area contributed by atoms with Gasteiger partial charge in [0, 0.05) is 25.7 Å². The molecule has 0 amide bonds. The Morgan fingerprint density at radius 2 is 0.467 bits per heavy atom. The molecule has 19 heteroatoms. The molecule has 0 spiro atoms. The van der Waals surface area contributed by atoms with Crippen molar-refractivity contribution in [1.29, 1.82) is 0 Å². The lowest BCUT2D eigenvalue weighted by atomic mass is 10.0. The fourth-order valence-electron chi connectivity index (χ4n) is 10.7. The lowest BCUT2D eigenvalue weighted by Crippen LogP contribution is -2.30. The molecule has 17 nitrogen and oxygen atoms in total. The number of ether oxygens (including phenoxy) is 4. The molecular formula is C71H138O17P2. The summed E-state index contributed by atoms with van der Waals surface area (Å²) in [4.78, 5) is 72.5. The van der Waals surface area contributed by atoms with Crippen molar-refractivity contribution in [2.75, 3.05) is 39.6 Å². The van der Waals surface area contributed by atoms with Crippen LogP contribution < -0.4 is 0 Å². The van der Waals surface area contributed by atoms with Crippen molar-refractivity contribution >= 4 is 39.5 Å². The van der Waals surface area contributed by atoms with Crippen LogP contribution in [0.15, 0.2) is 0 Å². The molecule has 0 aromatic heterocycles. The molecule has 0 aliphatic carbocycles. The summed E-state index contributed by atoms with van der Waals surface area (Å²) in [5.74, 6) is 0.814. The highest BCUT2D eigenvalue weighted by atomic mass is 31.2. The number of phosphoric ester groups is 2. The van der Waals surface area contributed by atoms with E-state index >= 15 is 0 Å². The van der Waals surface area contributed by atoms with Gasteiger partial charge in [0.2, 0.25) is 0 Å². The Labute approximate surface area is 549 Å². The first-order valence-electron chi connectivity index (χ1n) is 36.7. The van der Waals surface area contributed by atoms with Crippen molar-refractivity contribution in [2.45, 2.75) is 369 Å². The van der Waals surface area contributed by atoms with Gasteiger partial charge in [-0.1, -0.05) is 299 Å². The standard InChI is InChI=1S/C71H138O17P2/c1-61(2)47-39-31-23-18-14-11-9-10-12-16-20-26-37-45-53-70(75)87-66(57-81-68(73)51-43-35-28-22-25-33-41-49-63(5)6)59-85-89(77,78)83-55-65(72)56-84-90(79,80)86-60-67(58-82-69(74)52-44-36-30-29-34-42-50-64(7)8)88-71(76)54-46-38-27-21-17-13-15-19-24-32-40-48-62(3)4/h61-67,72H,9-60H2,1-8H3,(H,77,78)(H,79,80)/t65-,66-,67-/m1/s1.